The van der Waals surface area contributed by atoms with Gasteiger partial charge in [-0.2, -0.15) is 0 Å². The molecule has 1 fully saturated rings. The fourth-order valence-electron chi connectivity index (χ4n) is 2.99. The summed E-state index contributed by atoms with van der Waals surface area (Å²) in [5, 5.41) is 0.891. The van der Waals surface area contributed by atoms with E-state index in [-0.39, 0.29) is 0 Å². The van der Waals surface area contributed by atoms with E-state index in [4.69, 9.17) is 17.3 Å². The van der Waals surface area contributed by atoms with E-state index in [9.17, 15) is 0 Å². The van der Waals surface area contributed by atoms with Crippen LogP contribution in [0.4, 0.5) is 0 Å². The zero-order chi connectivity index (χ0) is 12.1. The molecular weight excluding hydrogens is 230 g/mol. The summed E-state index contributed by atoms with van der Waals surface area (Å²) >= 11 is 6.22. The highest BCUT2D eigenvalue weighted by Crippen LogP contribution is 2.32. The quantitative estimate of drug-likeness (QED) is 0.859. The molecule has 1 saturated carbocycles. The predicted octanol–water partition coefficient (Wildman–Crippen LogP) is 4.04. The van der Waals surface area contributed by atoms with Crippen LogP contribution >= 0.6 is 11.6 Å². The summed E-state index contributed by atoms with van der Waals surface area (Å²) in [4.78, 5) is 0. The van der Waals surface area contributed by atoms with Crippen LogP contribution in [0.15, 0.2) is 24.3 Å². The topological polar surface area (TPSA) is 26.0 Å². The van der Waals surface area contributed by atoms with Gasteiger partial charge in [-0.3, -0.25) is 0 Å². The van der Waals surface area contributed by atoms with E-state index in [1.54, 1.807) is 0 Å². The first-order valence-electron chi connectivity index (χ1n) is 6.74. The Morgan fingerprint density at radius 2 is 1.88 bits per heavy atom. The smallest absolute Gasteiger partial charge is 0.0438 e. The van der Waals surface area contributed by atoms with Crippen LogP contribution in [0.25, 0.3) is 0 Å². The second-order valence-corrected chi connectivity index (χ2v) is 5.60. The molecule has 2 N–H and O–H groups in total. The van der Waals surface area contributed by atoms with Gasteiger partial charge in [-0.15, -0.1) is 0 Å². The van der Waals surface area contributed by atoms with Crippen molar-refractivity contribution < 1.29 is 0 Å². The molecule has 1 atom stereocenters. The first-order chi connectivity index (χ1) is 8.31. The van der Waals surface area contributed by atoms with Crippen molar-refractivity contribution in [1.29, 1.82) is 0 Å². The van der Waals surface area contributed by atoms with Gasteiger partial charge in [-0.25, -0.2) is 0 Å². The normalized spacial score (nSPS) is 19.2. The second-order valence-electron chi connectivity index (χ2n) is 5.19. The predicted molar refractivity (Wildman–Crippen MR) is 74.3 cm³/mol. The van der Waals surface area contributed by atoms with Crippen molar-refractivity contribution in [3.63, 3.8) is 0 Å². The summed E-state index contributed by atoms with van der Waals surface area (Å²) in [6, 6.07) is 8.17. The Labute approximate surface area is 109 Å². The van der Waals surface area contributed by atoms with E-state index >= 15 is 0 Å². The van der Waals surface area contributed by atoms with Crippen LogP contribution in [0, 0.1) is 11.8 Å². The lowest BCUT2D eigenvalue weighted by atomic mass is 9.77. The third-order valence-corrected chi connectivity index (χ3v) is 4.43. The van der Waals surface area contributed by atoms with Crippen molar-refractivity contribution in [1.82, 2.24) is 0 Å². The van der Waals surface area contributed by atoms with Crippen molar-refractivity contribution in [2.75, 3.05) is 6.54 Å². The van der Waals surface area contributed by atoms with Gasteiger partial charge in [0, 0.05) is 5.02 Å². The number of halogens is 1. The molecule has 0 aliphatic heterocycles. The molecule has 0 radical (unpaired) electrons. The Morgan fingerprint density at radius 1 is 1.18 bits per heavy atom. The number of hydrogen-bond donors (Lipinski definition) is 1. The molecule has 0 amide bonds. The van der Waals surface area contributed by atoms with E-state index in [2.05, 4.69) is 12.1 Å². The second kappa shape index (κ2) is 6.42. The summed E-state index contributed by atoms with van der Waals surface area (Å²) in [6.07, 6.45) is 7.91. The van der Waals surface area contributed by atoms with Gasteiger partial charge in [0.2, 0.25) is 0 Å². The minimum atomic E-state index is 0.607. The van der Waals surface area contributed by atoms with Crippen LogP contribution in [-0.4, -0.2) is 6.54 Å². The van der Waals surface area contributed by atoms with Gasteiger partial charge in [-0.05, 0) is 36.4 Å². The van der Waals surface area contributed by atoms with Crippen LogP contribution < -0.4 is 5.73 Å². The Kier molecular flexibility index (Phi) is 4.87. The number of benzene rings is 1. The van der Waals surface area contributed by atoms with E-state index in [0.29, 0.717) is 5.92 Å². The lowest BCUT2D eigenvalue weighted by Crippen LogP contribution is -2.27. The monoisotopic (exact) mass is 251 g/mol. The van der Waals surface area contributed by atoms with Crippen molar-refractivity contribution in [2.24, 2.45) is 17.6 Å². The highest BCUT2D eigenvalue weighted by atomic mass is 35.5. The van der Waals surface area contributed by atoms with E-state index in [1.807, 2.05) is 12.1 Å². The van der Waals surface area contributed by atoms with E-state index < -0.39 is 0 Å². The number of rotatable bonds is 4. The third kappa shape index (κ3) is 3.46. The molecule has 1 aliphatic carbocycles. The van der Waals surface area contributed by atoms with Gasteiger partial charge < -0.3 is 5.73 Å². The fraction of sp³-hybridized carbons (Fsp3) is 0.600. The summed E-state index contributed by atoms with van der Waals surface area (Å²) in [6.45, 7) is 0.788. The van der Waals surface area contributed by atoms with Crippen molar-refractivity contribution in [3.05, 3.63) is 34.9 Å². The SMILES string of the molecule is NCC(Cc1ccccc1Cl)C1CCCCC1. The van der Waals surface area contributed by atoms with Crippen LogP contribution in [0.5, 0.6) is 0 Å². The first-order valence-corrected chi connectivity index (χ1v) is 7.12. The minimum Gasteiger partial charge on any atom is -0.330 e. The van der Waals surface area contributed by atoms with Gasteiger partial charge >= 0.3 is 0 Å². The van der Waals surface area contributed by atoms with Crippen molar-refractivity contribution >= 4 is 11.6 Å². The third-order valence-electron chi connectivity index (χ3n) is 4.06. The van der Waals surface area contributed by atoms with Gasteiger partial charge in [0.05, 0.1) is 0 Å². The first kappa shape index (κ1) is 12.9. The van der Waals surface area contributed by atoms with Gasteiger partial charge in [0.25, 0.3) is 0 Å². The molecule has 1 aromatic carbocycles. The Balaban J connectivity index is 2.01. The lowest BCUT2D eigenvalue weighted by molar-refractivity contribution is 0.251. The summed E-state index contributed by atoms with van der Waals surface area (Å²) in [5.74, 6) is 1.42. The highest BCUT2D eigenvalue weighted by molar-refractivity contribution is 6.31. The molecule has 2 rings (SSSR count). The van der Waals surface area contributed by atoms with Crippen LogP contribution in [-0.2, 0) is 6.42 Å². The molecule has 94 valence electrons. The zero-order valence-corrected chi connectivity index (χ0v) is 11.1. The molecule has 17 heavy (non-hydrogen) atoms. The number of nitrogens with two attached hydrogens (primary N) is 1. The maximum Gasteiger partial charge on any atom is 0.0438 e. The van der Waals surface area contributed by atoms with Gasteiger partial charge in [0.1, 0.15) is 0 Å². The summed E-state index contributed by atoms with van der Waals surface area (Å²) < 4.78 is 0. The largest absolute Gasteiger partial charge is 0.330 e. The maximum absolute atomic E-state index is 6.22. The molecular formula is C15H22ClN. The molecule has 0 spiro atoms. The Hall–Kier alpha value is -0.530. The molecule has 1 aromatic rings. The molecule has 0 aromatic heterocycles. The standard InChI is InChI=1S/C15H22ClN/c16-15-9-5-4-8-13(15)10-14(11-17)12-6-2-1-3-7-12/h4-5,8-9,12,14H,1-3,6-7,10-11,17H2. The molecule has 0 saturated heterocycles. The number of hydrogen-bond acceptors (Lipinski definition) is 1. The average Bonchev–Trinajstić information content (AvgIpc) is 2.39. The molecule has 1 unspecified atom stereocenters. The average molecular weight is 252 g/mol. The Bertz CT molecular complexity index is 345. The lowest BCUT2D eigenvalue weighted by Gasteiger charge is -2.29. The van der Waals surface area contributed by atoms with Crippen LogP contribution in [0.1, 0.15) is 37.7 Å². The van der Waals surface area contributed by atoms with Gasteiger partial charge in [0.15, 0.2) is 0 Å². The highest BCUT2D eigenvalue weighted by Gasteiger charge is 2.23. The summed E-state index contributed by atoms with van der Waals surface area (Å²) in [7, 11) is 0. The summed E-state index contributed by atoms with van der Waals surface area (Å²) in [5.41, 5.74) is 7.22. The molecule has 0 bridgehead atoms. The van der Waals surface area contributed by atoms with Crippen molar-refractivity contribution in [2.45, 2.75) is 38.5 Å². The minimum absolute atomic E-state index is 0.607. The maximum atomic E-state index is 6.22. The van der Waals surface area contributed by atoms with E-state index in [0.717, 1.165) is 23.9 Å². The van der Waals surface area contributed by atoms with Crippen LogP contribution in [0.2, 0.25) is 5.02 Å². The van der Waals surface area contributed by atoms with E-state index in [1.165, 1.54) is 37.7 Å². The van der Waals surface area contributed by atoms with Crippen molar-refractivity contribution in [3.8, 4) is 0 Å². The van der Waals surface area contributed by atoms with Gasteiger partial charge in [-0.1, -0.05) is 61.9 Å². The fourth-order valence-corrected chi connectivity index (χ4v) is 3.21. The Morgan fingerprint density at radius 3 is 2.53 bits per heavy atom. The molecule has 1 nitrogen and oxygen atoms in total. The molecule has 0 heterocycles. The molecule has 1 aliphatic rings. The zero-order valence-electron chi connectivity index (χ0n) is 10.4. The molecule has 2 heteroatoms. The van der Waals surface area contributed by atoms with Crippen LogP contribution in [0.3, 0.4) is 0 Å².